The lowest BCUT2D eigenvalue weighted by Gasteiger charge is -2.22. The Morgan fingerprint density at radius 3 is 2.44 bits per heavy atom. The summed E-state index contributed by atoms with van der Waals surface area (Å²) in [5.74, 6) is 2.18. The second-order valence-electron chi connectivity index (χ2n) is 11.7. The second-order valence-corrected chi connectivity index (χ2v) is 11.7. The van der Waals surface area contributed by atoms with Crippen LogP contribution in [0.4, 0.5) is 5.82 Å². The first-order chi connectivity index (χ1) is 17.2. The zero-order valence-electron chi connectivity index (χ0n) is 22.0. The van der Waals surface area contributed by atoms with Gasteiger partial charge < -0.3 is 20.0 Å². The third-order valence-electron chi connectivity index (χ3n) is 8.09. The lowest BCUT2D eigenvalue weighted by molar-refractivity contribution is 0.0764. The predicted octanol–water partition coefficient (Wildman–Crippen LogP) is 3.07. The van der Waals surface area contributed by atoms with E-state index in [1.54, 1.807) is 6.07 Å². The largest absolute Gasteiger partial charge is 0.355 e. The molecule has 2 atom stereocenters. The number of carbonyl (C=O) groups excluding carboxylic acids is 2. The Balaban J connectivity index is 1.10. The van der Waals surface area contributed by atoms with Crippen molar-refractivity contribution in [2.45, 2.75) is 32.6 Å². The Morgan fingerprint density at radius 2 is 1.75 bits per heavy atom. The van der Waals surface area contributed by atoms with Crippen LogP contribution in [0.5, 0.6) is 0 Å². The summed E-state index contributed by atoms with van der Waals surface area (Å²) in [5.41, 5.74) is 2.42. The van der Waals surface area contributed by atoms with Gasteiger partial charge in [-0.2, -0.15) is 0 Å². The molecular formula is C29H38N5O2. The minimum Gasteiger partial charge on any atom is -0.355 e. The van der Waals surface area contributed by atoms with E-state index in [0.29, 0.717) is 30.0 Å². The molecule has 191 valence electrons. The maximum atomic E-state index is 13.0. The second kappa shape index (κ2) is 9.85. The molecule has 7 nitrogen and oxygen atoms in total. The highest BCUT2D eigenvalue weighted by atomic mass is 16.2. The molecule has 5 rings (SSSR count). The van der Waals surface area contributed by atoms with Gasteiger partial charge in [0, 0.05) is 50.9 Å². The van der Waals surface area contributed by atoms with Crippen LogP contribution < -0.4 is 10.2 Å². The number of piperidine rings is 1. The number of hydrogen-bond donors (Lipinski definition) is 1. The third kappa shape index (κ3) is 5.26. The minimum atomic E-state index is -0.166. The van der Waals surface area contributed by atoms with Gasteiger partial charge in [0.05, 0.1) is 0 Å². The molecule has 1 aromatic carbocycles. The highest BCUT2D eigenvalue weighted by molar-refractivity contribution is 5.94. The molecule has 1 N–H and O–H groups in total. The number of anilines is 1. The third-order valence-corrected chi connectivity index (χ3v) is 8.09. The fraction of sp³-hybridized carbons (Fsp3) is 0.552. The van der Waals surface area contributed by atoms with Crippen LogP contribution in [-0.2, 0) is 5.41 Å². The van der Waals surface area contributed by atoms with Crippen molar-refractivity contribution in [1.29, 1.82) is 0 Å². The SMILES string of the molecule is CN1CCCN(c2cc[c]c(C(=O)NCC3C4CN(C(=O)c5ccc(C(C)(C)C)cc5)CC34)n2)CC1. The minimum absolute atomic E-state index is 0.0764. The van der Waals surface area contributed by atoms with E-state index in [-0.39, 0.29) is 17.2 Å². The van der Waals surface area contributed by atoms with Crippen molar-refractivity contribution in [2.24, 2.45) is 17.8 Å². The lowest BCUT2D eigenvalue weighted by atomic mass is 9.86. The lowest BCUT2D eigenvalue weighted by Crippen LogP contribution is -2.34. The van der Waals surface area contributed by atoms with E-state index in [4.69, 9.17) is 0 Å². The molecule has 3 fully saturated rings. The van der Waals surface area contributed by atoms with Crippen molar-refractivity contribution in [3.8, 4) is 0 Å². The number of amides is 2. The van der Waals surface area contributed by atoms with Crippen molar-refractivity contribution in [3.05, 3.63) is 59.3 Å². The number of benzene rings is 1. The fourth-order valence-corrected chi connectivity index (χ4v) is 5.65. The van der Waals surface area contributed by atoms with Gasteiger partial charge in [-0.15, -0.1) is 0 Å². The smallest absolute Gasteiger partial charge is 0.270 e. The summed E-state index contributed by atoms with van der Waals surface area (Å²) in [6, 6.07) is 14.8. The van der Waals surface area contributed by atoms with Crippen LogP contribution in [0.3, 0.4) is 0 Å². The van der Waals surface area contributed by atoms with Crippen molar-refractivity contribution >= 4 is 17.6 Å². The molecule has 0 spiro atoms. The molecule has 0 bridgehead atoms. The molecule has 2 aliphatic heterocycles. The van der Waals surface area contributed by atoms with Gasteiger partial charge in [0.2, 0.25) is 0 Å². The topological polar surface area (TPSA) is 68.8 Å². The summed E-state index contributed by atoms with van der Waals surface area (Å²) in [6.45, 7) is 12.6. The van der Waals surface area contributed by atoms with Crippen LogP contribution in [0.15, 0.2) is 36.4 Å². The normalized spacial score (nSPS) is 24.3. The number of nitrogens with one attached hydrogen (secondary N) is 1. The van der Waals surface area contributed by atoms with Crippen LogP contribution in [0.2, 0.25) is 0 Å². The molecule has 1 saturated carbocycles. The molecule has 3 heterocycles. The Bertz CT molecular complexity index is 1100. The summed E-state index contributed by atoms with van der Waals surface area (Å²) >= 11 is 0. The van der Waals surface area contributed by atoms with Gasteiger partial charge in [0.1, 0.15) is 11.5 Å². The Hall–Kier alpha value is -2.93. The number of pyridine rings is 1. The summed E-state index contributed by atoms with van der Waals surface area (Å²) < 4.78 is 0. The molecule has 2 saturated heterocycles. The summed E-state index contributed by atoms with van der Waals surface area (Å²) in [6.07, 6.45) is 1.09. The predicted molar refractivity (Wildman–Crippen MR) is 141 cm³/mol. The van der Waals surface area contributed by atoms with Gasteiger partial charge in [-0.25, -0.2) is 4.98 Å². The van der Waals surface area contributed by atoms with Gasteiger partial charge in [0.15, 0.2) is 0 Å². The summed E-state index contributed by atoms with van der Waals surface area (Å²) in [7, 11) is 2.14. The molecule has 2 unspecified atom stereocenters. The van der Waals surface area contributed by atoms with Crippen LogP contribution >= 0.6 is 0 Å². The quantitative estimate of drug-likeness (QED) is 0.701. The fourth-order valence-electron chi connectivity index (χ4n) is 5.65. The number of rotatable bonds is 5. The van der Waals surface area contributed by atoms with Crippen molar-refractivity contribution in [2.75, 3.05) is 57.8 Å². The molecule has 1 aliphatic carbocycles. The number of aromatic nitrogens is 1. The number of hydrogen-bond acceptors (Lipinski definition) is 5. The number of nitrogens with zero attached hydrogens (tertiary/aromatic N) is 4. The van der Waals surface area contributed by atoms with Gasteiger partial charge in [-0.05, 0) is 73.0 Å². The van der Waals surface area contributed by atoms with Gasteiger partial charge in [-0.1, -0.05) is 32.9 Å². The van der Waals surface area contributed by atoms with Gasteiger partial charge in [-0.3, -0.25) is 9.59 Å². The van der Waals surface area contributed by atoms with Crippen LogP contribution in [0, 0.1) is 23.8 Å². The summed E-state index contributed by atoms with van der Waals surface area (Å²) in [4.78, 5) is 36.9. The average molecular weight is 489 g/mol. The first kappa shape index (κ1) is 24.8. The molecule has 3 aliphatic rings. The molecule has 1 radical (unpaired) electrons. The maximum absolute atomic E-state index is 13.0. The molecular weight excluding hydrogens is 450 g/mol. The average Bonchev–Trinajstić information content (AvgIpc) is 3.41. The Morgan fingerprint density at radius 1 is 1.03 bits per heavy atom. The van der Waals surface area contributed by atoms with E-state index in [2.05, 4.69) is 66.1 Å². The van der Waals surface area contributed by atoms with Crippen molar-refractivity contribution in [1.82, 2.24) is 20.1 Å². The molecule has 36 heavy (non-hydrogen) atoms. The van der Waals surface area contributed by atoms with E-state index < -0.39 is 0 Å². The zero-order valence-corrected chi connectivity index (χ0v) is 22.0. The summed E-state index contributed by atoms with van der Waals surface area (Å²) in [5, 5.41) is 3.07. The maximum Gasteiger partial charge on any atom is 0.270 e. The highest BCUT2D eigenvalue weighted by Gasteiger charge is 2.56. The molecule has 2 amide bonds. The Kier molecular flexibility index (Phi) is 6.77. The standard InChI is InChI=1S/C29H38N5O2/c1-29(2,3)21-11-9-20(10-12-21)28(36)34-18-23-22(24(23)19-34)17-30-27(35)25-7-5-8-26(31-25)33-14-6-13-32(4)15-16-33/h5,8-12,22-24H,6,13-19H2,1-4H3,(H,30,35). The van der Waals surface area contributed by atoms with Crippen molar-refractivity contribution < 1.29 is 9.59 Å². The number of likely N-dealkylation sites (tertiary alicyclic amines) is 1. The van der Waals surface area contributed by atoms with Crippen LogP contribution in [0.25, 0.3) is 0 Å². The van der Waals surface area contributed by atoms with E-state index in [1.807, 2.05) is 23.1 Å². The van der Waals surface area contributed by atoms with Crippen molar-refractivity contribution in [3.63, 3.8) is 0 Å². The van der Waals surface area contributed by atoms with E-state index in [0.717, 1.165) is 57.1 Å². The van der Waals surface area contributed by atoms with Crippen LogP contribution in [0.1, 0.15) is 53.6 Å². The van der Waals surface area contributed by atoms with E-state index in [9.17, 15) is 9.59 Å². The first-order valence-corrected chi connectivity index (χ1v) is 13.2. The number of fused-ring (bicyclic) bond motifs is 1. The first-order valence-electron chi connectivity index (χ1n) is 13.2. The monoisotopic (exact) mass is 488 g/mol. The molecule has 7 heteroatoms. The van der Waals surface area contributed by atoms with E-state index in [1.165, 1.54) is 5.56 Å². The van der Waals surface area contributed by atoms with Crippen LogP contribution in [-0.4, -0.2) is 79.5 Å². The zero-order chi connectivity index (χ0) is 25.4. The molecule has 2 aromatic rings. The highest BCUT2D eigenvalue weighted by Crippen LogP contribution is 2.51. The van der Waals surface area contributed by atoms with Gasteiger partial charge in [0.25, 0.3) is 11.8 Å². The number of likely N-dealkylation sites (N-methyl/N-ethyl adjacent to an activating group) is 1. The van der Waals surface area contributed by atoms with E-state index >= 15 is 0 Å². The van der Waals surface area contributed by atoms with Gasteiger partial charge >= 0.3 is 0 Å². The molecule has 1 aromatic heterocycles. The Labute approximate surface area is 214 Å². The number of carbonyl (C=O) groups is 2.